The van der Waals surface area contributed by atoms with E-state index < -0.39 is 13.0 Å². The maximum Gasteiger partial charge on any atom is 0.261 e. The quantitative estimate of drug-likeness (QED) is 0.701. The van der Waals surface area contributed by atoms with Crippen molar-refractivity contribution in [2.45, 2.75) is 26.7 Å². The van der Waals surface area contributed by atoms with Crippen LogP contribution >= 0.6 is 0 Å². The highest BCUT2D eigenvalue weighted by molar-refractivity contribution is 5.30. The highest BCUT2D eigenvalue weighted by atomic mass is 19.3. The number of ether oxygens (including phenoxy) is 2. The van der Waals surface area contributed by atoms with Gasteiger partial charge in [0, 0.05) is 18.3 Å². The minimum Gasteiger partial charge on any atom is -0.478 e. The average Bonchev–Trinajstić information content (AvgIpc) is 2.35. The van der Waals surface area contributed by atoms with Crippen LogP contribution < -0.4 is 10.1 Å². The van der Waals surface area contributed by atoms with Gasteiger partial charge in [-0.05, 0) is 13.3 Å². The Hall–Kier alpha value is -1.50. The van der Waals surface area contributed by atoms with Gasteiger partial charge in [-0.15, -0.1) is 0 Å². The first-order chi connectivity index (χ1) is 9.11. The largest absolute Gasteiger partial charge is 0.478 e. The van der Waals surface area contributed by atoms with E-state index in [1.165, 1.54) is 0 Å². The van der Waals surface area contributed by atoms with Gasteiger partial charge in [-0.1, -0.05) is 6.92 Å². The highest BCUT2D eigenvalue weighted by Crippen LogP contribution is 2.11. The lowest BCUT2D eigenvalue weighted by molar-refractivity contribution is 0.0214. The number of anilines is 1. The van der Waals surface area contributed by atoms with E-state index in [0.29, 0.717) is 25.0 Å². The van der Waals surface area contributed by atoms with Gasteiger partial charge in [0.15, 0.2) is 0 Å². The molecule has 1 N–H and O–H groups in total. The van der Waals surface area contributed by atoms with Gasteiger partial charge in [-0.2, -0.15) is 4.98 Å². The van der Waals surface area contributed by atoms with Crippen molar-refractivity contribution in [1.29, 1.82) is 0 Å². The van der Waals surface area contributed by atoms with Crippen molar-refractivity contribution in [2.75, 3.05) is 31.7 Å². The molecule has 0 amide bonds. The first-order valence-electron chi connectivity index (χ1n) is 6.20. The van der Waals surface area contributed by atoms with Gasteiger partial charge in [0.2, 0.25) is 11.8 Å². The Morgan fingerprint density at radius 3 is 2.79 bits per heavy atom. The number of aryl methyl sites for hydroxylation is 1. The van der Waals surface area contributed by atoms with Gasteiger partial charge in [-0.3, -0.25) is 0 Å². The Bertz CT molecular complexity index is 378. The summed E-state index contributed by atoms with van der Waals surface area (Å²) in [6.45, 7) is 4.41. The number of hydrogen-bond donors (Lipinski definition) is 1. The van der Waals surface area contributed by atoms with Crippen LogP contribution in [-0.4, -0.2) is 42.8 Å². The molecule has 0 aliphatic rings. The topological polar surface area (TPSA) is 56.3 Å². The van der Waals surface area contributed by atoms with Crippen LogP contribution in [0.5, 0.6) is 5.88 Å². The lowest BCUT2D eigenvalue weighted by atomic mass is 10.4. The molecule has 1 heterocycles. The van der Waals surface area contributed by atoms with Gasteiger partial charge in [-0.25, -0.2) is 13.8 Å². The Morgan fingerprint density at radius 1 is 1.32 bits per heavy atom. The van der Waals surface area contributed by atoms with E-state index in [2.05, 4.69) is 15.3 Å². The van der Waals surface area contributed by atoms with Crippen LogP contribution in [0.25, 0.3) is 0 Å². The summed E-state index contributed by atoms with van der Waals surface area (Å²) in [5, 5.41) is 2.90. The maximum absolute atomic E-state index is 11.8. The first-order valence-corrected chi connectivity index (χ1v) is 6.20. The Morgan fingerprint density at radius 2 is 2.11 bits per heavy atom. The number of nitrogens with zero attached hydrogens (tertiary/aromatic N) is 2. The summed E-state index contributed by atoms with van der Waals surface area (Å²) in [6.07, 6.45) is -1.54. The van der Waals surface area contributed by atoms with Gasteiger partial charge >= 0.3 is 0 Å². The molecule has 0 aromatic carbocycles. The minimum atomic E-state index is -2.44. The van der Waals surface area contributed by atoms with E-state index >= 15 is 0 Å². The van der Waals surface area contributed by atoms with E-state index in [0.717, 1.165) is 12.1 Å². The number of alkyl halides is 2. The van der Waals surface area contributed by atoms with Crippen LogP contribution in [0, 0.1) is 6.92 Å². The summed E-state index contributed by atoms with van der Waals surface area (Å²) in [5.41, 5.74) is 0.775. The number of rotatable bonds is 9. The summed E-state index contributed by atoms with van der Waals surface area (Å²) in [6, 6.07) is 1.74. The highest BCUT2D eigenvalue weighted by Gasteiger charge is 2.04. The molecule has 0 aliphatic carbocycles. The molecular formula is C12H19F2N3O2. The molecule has 108 valence electrons. The molecule has 1 aromatic heterocycles. The van der Waals surface area contributed by atoms with Crippen molar-refractivity contribution >= 4 is 5.95 Å². The van der Waals surface area contributed by atoms with Crippen LogP contribution in [0.15, 0.2) is 6.07 Å². The Kier molecular flexibility index (Phi) is 7.02. The Labute approximate surface area is 111 Å². The second kappa shape index (κ2) is 8.58. The van der Waals surface area contributed by atoms with Crippen LogP contribution in [-0.2, 0) is 4.74 Å². The molecule has 5 nitrogen and oxygen atoms in total. The molecule has 19 heavy (non-hydrogen) atoms. The third-order valence-electron chi connectivity index (χ3n) is 2.06. The van der Waals surface area contributed by atoms with Gasteiger partial charge in [0.1, 0.15) is 6.61 Å². The van der Waals surface area contributed by atoms with E-state index in [1.807, 2.05) is 13.8 Å². The predicted octanol–water partition coefficient (Wildman–Crippen LogP) is 2.27. The summed E-state index contributed by atoms with van der Waals surface area (Å²) in [4.78, 5) is 8.32. The molecule has 0 saturated heterocycles. The maximum atomic E-state index is 11.8. The van der Waals surface area contributed by atoms with Crippen LogP contribution in [0.3, 0.4) is 0 Å². The van der Waals surface area contributed by atoms with Crippen molar-refractivity contribution in [2.24, 2.45) is 0 Å². The van der Waals surface area contributed by atoms with E-state index in [1.54, 1.807) is 6.07 Å². The second-order valence-corrected chi connectivity index (χ2v) is 3.91. The summed E-state index contributed by atoms with van der Waals surface area (Å²) in [5.74, 6) is 0.914. The van der Waals surface area contributed by atoms with E-state index in [-0.39, 0.29) is 6.61 Å². The third kappa shape index (κ3) is 6.85. The van der Waals surface area contributed by atoms with Crippen LogP contribution in [0.4, 0.5) is 14.7 Å². The monoisotopic (exact) mass is 275 g/mol. The van der Waals surface area contributed by atoms with Gasteiger partial charge in [0.05, 0.1) is 13.2 Å². The summed E-state index contributed by atoms with van der Waals surface area (Å²) < 4.78 is 33.8. The fourth-order valence-electron chi connectivity index (χ4n) is 1.31. The lowest BCUT2D eigenvalue weighted by Gasteiger charge is -2.09. The number of hydrogen-bond acceptors (Lipinski definition) is 5. The first kappa shape index (κ1) is 15.6. The summed E-state index contributed by atoms with van der Waals surface area (Å²) >= 11 is 0. The minimum absolute atomic E-state index is 0.173. The van der Waals surface area contributed by atoms with Gasteiger partial charge < -0.3 is 14.8 Å². The second-order valence-electron chi connectivity index (χ2n) is 3.91. The molecule has 0 radical (unpaired) electrons. The number of halogens is 2. The zero-order chi connectivity index (χ0) is 14.1. The number of nitrogens with one attached hydrogen (secondary N) is 1. The van der Waals surface area contributed by atoms with Crippen molar-refractivity contribution < 1.29 is 18.3 Å². The van der Waals surface area contributed by atoms with Crippen molar-refractivity contribution in [3.63, 3.8) is 0 Å². The molecule has 7 heteroatoms. The average molecular weight is 275 g/mol. The van der Waals surface area contributed by atoms with Crippen LogP contribution in [0.2, 0.25) is 0 Å². The molecular weight excluding hydrogens is 256 g/mol. The van der Waals surface area contributed by atoms with Crippen LogP contribution in [0.1, 0.15) is 19.0 Å². The molecule has 0 atom stereocenters. The van der Waals surface area contributed by atoms with Crippen molar-refractivity contribution in [1.82, 2.24) is 9.97 Å². The zero-order valence-electron chi connectivity index (χ0n) is 11.2. The Balaban J connectivity index is 2.38. The smallest absolute Gasteiger partial charge is 0.261 e. The normalized spacial score (nSPS) is 10.8. The van der Waals surface area contributed by atoms with E-state index in [9.17, 15) is 8.78 Å². The lowest BCUT2D eigenvalue weighted by Crippen LogP contribution is -2.15. The van der Waals surface area contributed by atoms with Gasteiger partial charge in [0.25, 0.3) is 6.43 Å². The standard InChI is InChI=1S/C12H19F2N3O2/c1-3-5-19-11-7-9(2)16-12(17-11)15-4-6-18-8-10(13)14/h7,10H,3-6,8H2,1-2H3,(H,15,16,17). The zero-order valence-corrected chi connectivity index (χ0v) is 11.2. The summed E-state index contributed by atoms with van der Waals surface area (Å²) in [7, 11) is 0. The SMILES string of the molecule is CCCOc1cc(C)nc(NCCOCC(F)F)n1. The molecule has 0 saturated carbocycles. The fourth-order valence-corrected chi connectivity index (χ4v) is 1.31. The third-order valence-corrected chi connectivity index (χ3v) is 2.06. The molecule has 0 unspecified atom stereocenters. The molecule has 1 aromatic rings. The van der Waals surface area contributed by atoms with E-state index in [4.69, 9.17) is 9.47 Å². The molecule has 0 spiro atoms. The predicted molar refractivity (Wildman–Crippen MR) is 67.9 cm³/mol. The molecule has 0 aliphatic heterocycles. The molecule has 0 fully saturated rings. The van der Waals surface area contributed by atoms with Crippen molar-refractivity contribution in [3.05, 3.63) is 11.8 Å². The fraction of sp³-hybridized carbons (Fsp3) is 0.667. The number of aromatic nitrogens is 2. The molecule has 0 bridgehead atoms. The molecule has 1 rings (SSSR count). The van der Waals surface area contributed by atoms with Crippen molar-refractivity contribution in [3.8, 4) is 5.88 Å².